The highest BCUT2D eigenvalue weighted by molar-refractivity contribution is 5.99. The number of aryl methyl sites for hydroxylation is 1. The van der Waals surface area contributed by atoms with E-state index < -0.39 is 11.6 Å². The molecule has 1 aliphatic rings. The van der Waals surface area contributed by atoms with Crippen LogP contribution in [-0.2, 0) is 22.7 Å². The fourth-order valence-corrected chi connectivity index (χ4v) is 2.65. The molecule has 2 atom stereocenters. The summed E-state index contributed by atoms with van der Waals surface area (Å²) in [5.41, 5.74) is 0.159. The molecule has 0 bridgehead atoms. The van der Waals surface area contributed by atoms with Crippen LogP contribution in [0, 0.1) is 0 Å². The van der Waals surface area contributed by atoms with Crippen molar-refractivity contribution in [3.63, 3.8) is 0 Å². The van der Waals surface area contributed by atoms with Gasteiger partial charge >= 0.3 is 0 Å². The Bertz CT molecular complexity index is 540. The van der Waals surface area contributed by atoms with Crippen molar-refractivity contribution < 1.29 is 9.59 Å². The average Bonchev–Trinajstić information content (AvgIpc) is 2.95. The van der Waals surface area contributed by atoms with E-state index in [1.807, 2.05) is 38.6 Å². The van der Waals surface area contributed by atoms with Gasteiger partial charge in [-0.15, -0.1) is 0 Å². The molecule has 21 heavy (non-hydrogen) atoms. The number of hydrogen-bond donors (Lipinski definition) is 1. The minimum absolute atomic E-state index is 0.00861. The number of amides is 2. The number of aromatic nitrogens is 2. The molecule has 2 rings (SSSR count). The molecule has 116 valence electrons. The molecule has 1 aromatic rings. The summed E-state index contributed by atoms with van der Waals surface area (Å²) in [6.07, 6.45) is 4.88. The monoisotopic (exact) mass is 292 g/mol. The zero-order valence-electron chi connectivity index (χ0n) is 13.2. The molecule has 1 aromatic heterocycles. The van der Waals surface area contributed by atoms with Crippen molar-refractivity contribution in [1.29, 1.82) is 0 Å². The van der Waals surface area contributed by atoms with E-state index in [2.05, 4.69) is 10.4 Å². The molecule has 1 fully saturated rings. The first-order valence-electron chi connectivity index (χ1n) is 7.60. The van der Waals surface area contributed by atoms with E-state index >= 15 is 0 Å². The van der Waals surface area contributed by atoms with Crippen LogP contribution in [0.15, 0.2) is 12.4 Å². The molecule has 0 radical (unpaired) electrons. The van der Waals surface area contributed by atoms with Crippen LogP contribution >= 0.6 is 0 Å². The summed E-state index contributed by atoms with van der Waals surface area (Å²) in [6, 6.07) is -0.418. The summed E-state index contributed by atoms with van der Waals surface area (Å²) in [5.74, 6) is -0.0787. The Kier molecular flexibility index (Phi) is 4.34. The van der Waals surface area contributed by atoms with Crippen LogP contribution in [0.25, 0.3) is 0 Å². The molecule has 0 aliphatic carbocycles. The summed E-state index contributed by atoms with van der Waals surface area (Å²) in [5, 5.41) is 7.07. The summed E-state index contributed by atoms with van der Waals surface area (Å²) in [7, 11) is 0. The number of carbonyl (C=O) groups is 2. The molecule has 1 saturated heterocycles. The highest BCUT2D eigenvalue weighted by atomic mass is 16.2. The third-order valence-electron chi connectivity index (χ3n) is 4.40. The Morgan fingerprint density at radius 1 is 1.33 bits per heavy atom. The van der Waals surface area contributed by atoms with Crippen LogP contribution in [0.3, 0.4) is 0 Å². The molecule has 1 N–H and O–H groups in total. The first-order chi connectivity index (χ1) is 9.96. The van der Waals surface area contributed by atoms with Gasteiger partial charge in [-0.05, 0) is 26.7 Å². The van der Waals surface area contributed by atoms with Crippen LogP contribution in [-0.4, -0.2) is 38.1 Å². The predicted molar refractivity (Wildman–Crippen MR) is 79.4 cm³/mol. The van der Waals surface area contributed by atoms with Gasteiger partial charge in [-0.25, -0.2) is 0 Å². The molecule has 0 aromatic carbocycles. The lowest BCUT2D eigenvalue weighted by Crippen LogP contribution is -2.68. The fraction of sp³-hybridized carbons (Fsp3) is 0.667. The van der Waals surface area contributed by atoms with Crippen molar-refractivity contribution in [1.82, 2.24) is 20.0 Å². The van der Waals surface area contributed by atoms with Gasteiger partial charge in [0.15, 0.2) is 0 Å². The second-order valence-corrected chi connectivity index (χ2v) is 5.69. The lowest BCUT2D eigenvalue weighted by atomic mass is 9.89. The molecule has 2 heterocycles. The maximum Gasteiger partial charge on any atom is 0.246 e. The van der Waals surface area contributed by atoms with Gasteiger partial charge in [-0.1, -0.05) is 13.8 Å². The maximum atomic E-state index is 12.6. The summed E-state index contributed by atoms with van der Waals surface area (Å²) >= 11 is 0. The van der Waals surface area contributed by atoms with Crippen LogP contribution in [0.5, 0.6) is 0 Å². The molecular formula is C15H24N4O2. The fourth-order valence-electron chi connectivity index (χ4n) is 2.65. The maximum absolute atomic E-state index is 12.6. The zero-order valence-corrected chi connectivity index (χ0v) is 13.2. The zero-order chi connectivity index (χ0) is 15.6. The normalized spacial score (nSPS) is 26.1. The number of hydrogen-bond acceptors (Lipinski definition) is 3. The Morgan fingerprint density at radius 2 is 2.05 bits per heavy atom. The molecule has 6 nitrogen and oxygen atoms in total. The Morgan fingerprint density at radius 3 is 2.57 bits per heavy atom. The summed E-state index contributed by atoms with van der Waals surface area (Å²) in [4.78, 5) is 26.7. The second-order valence-electron chi connectivity index (χ2n) is 5.69. The lowest BCUT2D eigenvalue weighted by molar-refractivity contribution is -0.157. The van der Waals surface area contributed by atoms with Gasteiger partial charge < -0.3 is 10.2 Å². The molecule has 6 heteroatoms. The molecular weight excluding hydrogens is 268 g/mol. The number of carbonyl (C=O) groups excluding carboxylic acids is 2. The van der Waals surface area contributed by atoms with Crippen LogP contribution < -0.4 is 5.32 Å². The van der Waals surface area contributed by atoms with E-state index in [-0.39, 0.29) is 11.8 Å². The SMILES string of the molecule is CCC1NC(=O)C(C)(CC)N(Cc2cnn(CC)c2)C1=O. The number of nitrogens with one attached hydrogen (secondary N) is 1. The Balaban J connectivity index is 2.30. The minimum atomic E-state index is -0.795. The van der Waals surface area contributed by atoms with Crippen LogP contribution in [0.4, 0.5) is 0 Å². The quantitative estimate of drug-likeness (QED) is 0.889. The van der Waals surface area contributed by atoms with Crippen molar-refractivity contribution in [2.24, 2.45) is 0 Å². The van der Waals surface area contributed by atoms with E-state index in [9.17, 15) is 9.59 Å². The molecule has 1 aliphatic heterocycles. The highest BCUT2D eigenvalue weighted by Gasteiger charge is 2.47. The van der Waals surface area contributed by atoms with E-state index in [1.165, 1.54) is 0 Å². The van der Waals surface area contributed by atoms with Crippen molar-refractivity contribution in [2.75, 3.05) is 0 Å². The minimum Gasteiger partial charge on any atom is -0.342 e. The van der Waals surface area contributed by atoms with E-state index in [0.29, 0.717) is 19.4 Å². The van der Waals surface area contributed by atoms with E-state index in [1.54, 1.807) is 11.1 Å². The summed E-state index contributed by atoms with van der Waals surface area (Å²) in [6.45, 7) is 8.90. The Hall–Kier alpha value is -1.85. The third kappa shape index (κ3) is 2.66. The van der Waals surface area contributed by atoms with Crippen LogP contribution in [0.2, 0.25) is 0 Å². The first kappa shape index (κ1) is 15.5. The van der Waals surface area contributed by atoms with Gasteiger partial charge in [0.1, 0.15) is 11.6 Å². The molecule has 2 amide bonds. The average molecular weight is 292 g/mol. The predicted octanol–water partition coefficient (Wildman–Crippen LogP) is 1.31. The Labute approximate surface area is 125 Å². The molecule has 2 unspecified atom stereocenters. The standard InChI is InChI=1S/C15H24N4O2/c1-5-12-13(20)19(15(4,6-2)14(21)17-12)10-11-8-16-18(7-3)9-11/h8-9,12H,5-7,10H2,1-4H3,(H,17,21). The van der Waals surface area contributed by atoms with Crippen molar-refractivity contribution in [3.8, 4) is 0 Å². The van der Waals surface area contributed by atoms with Crippen molar-refractivity contribution in [2.45, 2.75) is 65.2 Å². The second kappa shape index (κ2) is 5.87. The van der Waals surface area contributed by atoms with Gasteiger partial charge in [0.05, 0.1) is 6.20 Å². The summed E-state index contributed by atoms with van der Waals surface area (Å²) < 4.78 is 1.82. The smallest absolute Gasteiger partial charge is 0.246 e. The number of piperazine rings is 1. The largest absolute Gasteiger partial charge is 0.342 e. The van der Waals surface area contributed by atoms with Gasteiger partial charge in [-0.3, -0.25) is 14.3 Å². The highest BCUT2D eigenvalue weighted by Crippen LogP contribution is 2.27. The number of rotatable bonds is 5. The first-order valence-corrected chi connectivity index (χ1v) is 7.60. The van der Waals surface area contributed by atoms with E-state index in [4.69, 9.17) is 0 Å². The lowest BCUT2D eigenvalue weighted by Gasteiger charge is -2.45. The topological polar surface area (TPSA) is 67.2 Å². The van der Waals surface area contributed by atoms with Crippen molar-refractivity contribution in [3.05, 3.63) is 18.0 Å². The van der Waals surface area contributed by atoms with Gasteiger partial charge in [0.25, 0.3) is 0 Å². The third-order valence-corrected chi connectivity index (χ3v) is 4.40. The van der Waals surface area contributed by atoms with Crippen molar-refractivity contribution >= 4 is 11.8 Å². The van der Waals surface area contributed by atoms with E-state index in [0.717, 1.165) is 12.1 Å². The van der Waals surface area contributed by atoms with Gasteiger partial charge in [-0.2, -0.15) is 5.10 Å². The van der Waals surface area contributed by atoms with Gasteiger partial charge in [0, 0.05) is 24.8 Å². The molecule has 0 saturated carbocycles. The number of nitrogens with zero attached hydrogens (tertiary/aromatic N) is 3. The van der Waals surface area contributed by atoms with Crippen LogP contribution in [0.1, 0.15) is 46.1 Å². The molecule has 0 spiro atoms. The van der Waals surface area contributed by atoms with Gasteiger partial charge in [0.2, 0.25) is 11.8 Å².